The van der Waals surface area contributed by atoms with E-state index in [4.69, 9.17) is 5.73 Å². The number of halogens is 2. The molecule has 1 rings (SSSR count). The first-order valence-electron chi connectivity index (χ1n) is 3.27. The molecule has 0 saturated heterocycles. The van der Waals surface area contributed by atoms with Crippen molar-refractivity contribution in [1.82, 2.24) is 0 Å². The van der Waals surface area contributed by atoms with E-state index in [1.165, 1.54) is 6.07 Å². The van der Waals surface area contributed by atoms with Crippen LogP contribution in [0.1, 0.15) is 0 Å². The van der Waals surface area contributed by atoms with Crippen LogP contribution in [0.4, 0.5) is 10.1 Å². The summed E-state index contributed by atoms with van der Waals surface area (Å²) in [6.07, 6.45) is 0.994. The van der Waals surface area contributed by atoms with Gasteiger partial charge in [-0.25, -0.2) is 12.8 Å². The van der Waals surface area contributed by atoms with E-state index in [1.54, 1.807) is 22.6 Å². The summed E-state index contributed by atoms with van der Waals surface area (Å²) in [5, 5.41) is 0. The number of sulfone groups is 1. The summed E-state index contributed by atoms with van der Waals surface area (Å²) in [7, 11) is -3.45. The lowest BCUT2D eigenvalue weighted by atomic mass is 10.3. The summed E-state index contributed by atoms with van der Waals surface area (Å²) in [6, 6.07) is 2.11. The molecule has 0 aliphatic heterocycles. The molecule has 0 heterocycles. The molecule has 0 spiro atoms. The largest absolute Gasteiger partial charge is 0.397 e. The predicted octanol–water partition coefficient (Wildman–Crippen LogP) is 1.42. The molecule has 13 heavy (non-hydrogen) atoms. The minimum atomic E-state index is -3.45. The summed E-state index contributed by atoms with van der Waals surface area (Å²) in [5.41, 5.74) is 5.59. The molecule has 0 atom stereocenters. The highest BCUT2D eigenvalue weighted by Gasteiger charge is 2.15. The summed E-state index contributed by atoms with van der Waals surface area (Å²) in [6.45, 7) is 0. The van der Waals surface area contributed by atoms with Crippen LogP contribution >= 0.6 is 22.6 Å². The van der Waals surface area contributed by atoms with Gasteiger partial charge in [0.1, 0.15) is 5.82 Å². The van der Waals surface area contributed by atoms with Gasteiger partial charge in [-0.15, -0.1) is 0 Å². The minimum absolute atomic E-state index is 0.101. The van der Waals surface area contributed by atoms with Crippen LogP contribution in [0.5, 0.6) is 0 Å². The molecule has 0 bridgehead atoms. The Hall–Kier alpha value is -0.370. The van der Waals surface area contributed by atoms with Crippen molar-refractivity contribution in [2.75, 3.05) is 12.0 Å². The molecule has 0 fully saturated rings. The summed E-state index contributed by atoms with van der Waals surface area (Å²) < 4.78 is 35.4. The molecule has 0 amide bonds. The van der Waals surface area contributed by atoms with Gasteiger partial charge < -0.3 is 5.73 Å². The lowest BCUT2D eigenvalue weighted by Gasteiger charge is -2.05. The smallest absolute Gasteiger partial charge is 0.177 e. The van der Waals surface area contributed by atoms with Gasteiger partial charge in [0.15, 0.2) is 9.84 Å². The third kappa shape index (κ3) is 2.31. The normalized spacial score (nSPS) is 11.6. The molecule has 0 aliphatic carbocycles. The number of hydrogen-bond acceptors (Lipinski definition) is 3. The first-order valence-corrected chi connectivity index (χ1v) is 6.24. The number of hydrogen-bond donors (Lipinski definition) is 1. The van der Waals surface area contributed by atoms with E-state index in [1.807, 2.05) is 0 Å². The van der Waals surface area contributed by atoms with E-state index in [-0.39, 0.29) is 10.6 Å². The fraction of sp³-hybridized carbons (Fsp3) is 0.143. The topological polar surface area (TPSA) is 60.2 Å². The van der Waals surface area contributed by atoms with Gasteiger partial charge in [0, 0.05) is 9.83 Å². The van der Waals surface area contributed by atoms with E-state index in [0.29, 0.717) is 3.57 Å². The second kappa shape index (κ2) is 3.41. The fourth-order valence-corrected chi connectivity index (χ4v) is 2.48. The number of anilines is 1. The third-order valence-electron chi connectivity index (χ3n) is 1.46. The maximum Gasteiger partial charge on any atom is 0.177 e. The zero-order valence-electron chi connectivity index (χ0n) is 6.71. The van der Waals surface area contributed by atoms with Crippen molar-refractivity contribution in [2.24, 2.45) is 0 Å². The Morgan fingerprint density at radius 1 is 1.46 bits per heavy atom. The average Bonchev–Trinajstić information content (AvgIpc) is 1.94. The number of nitrogen functional groups attached to an aromatic ring is 1. The Kier molecular flexibility index (Phi) is 2.81. The SMILES string of the molecule is CS(=O)(=O)c1cc(F)cc(I)c1N. The van der Waals surface area contributed by atoms with Gasteiger partial charge >= 0.3 is 0 Å². The highest BCUT2D eigenvalue weighted by Crippen LogP contribution is 2.25. The van der Waals surface area contributed by atoms with Crippen molar-refractivity contribution < 1.29 is 12.8 Å². The second-order valence-electron chi connectivity index (χ2n) is 2.57. The maximum atomic E-state index is 12.8. The highest BCUT2D eigenvalue weighted by molar-refractivity contribution is 14.1. The van der Waals surface area contributed by atoms with Crippen LogP contribution in [0.2, 0.25) is 0 Å². The highest BCUT2D eigenvalue weighted by atomic mass is 127. The van der Waals surface area contributed by atoms with E-state index < -0.39 is 15.7 Å². The monoisotopic (exact) mass is 315 g/mol. The van der Waals surface area contributed by atoms with Crippen molar-refractivity contribution >= 4 is 38.1 Å². The number of benzene rings is 1. The van der Waals surface area contributed by atoms with Crippen molar-refractivity contribution in [3.8, 4) is 0 Å². The molecule has 1 aromatic rings. The van der Waals surface area contributed by atoms with Crippen molar-refractivity contribution in [1.29, 1.82) is 0 Å². The molecular weight excluding hydrogens is 308 g/mol. The van der Waals surface area contributed by atoms with Crippen LogP contribution in [0.25, 0.3) is 0 Å². The van der Waals surface area contributed by atoms with Gasteiger partial charge in [-0.1, -0.05) is 0 Å². The van der Waals surface area contributed by atoms with Gasteiger partial charge in [0.2, 0.25) is 0 Å². The van der Waals surface area contributed by atoms with Gasteiger partial charge in [0.25, 0.3) is 0 Å². The second-order valence-corrected chi connectivity index (χ2v) is 5.72. The summed E-state index contributed by atoms with van der Waals surface area (Å²) >= 11 is 1.79. The first-order chi connectivity index (χ1) is 5.82. The minimum Gasteiger partial charge on any atom is -0.397 e. The van der Waals surface area contributed by atoms with Gasteiger partial charge in [-0.05, 0) is 34.7 Å². The molecule has 3 nitrogen and oxygen atoms in total. The number of nitrogens with two attached hydrogens (primary N) is 1. The van der Waals surface area contributed by atoms with Crippen LogP contribution in [0.15, 0.2) is 17.0 Å². The van der Waals surface area contributed by atoms with Crippen LogP contribution < -0.4 is 5.73 Å². The molecule has 0 saturated carbocycles. The van der Waals surface area contributed by atoms with Crippen LogP contribution in [-0.2, 0) is 9.84 Å². The van der Waals surface area contributed by atoms with Crippen LogP contribution in [0.3, 0.4) is 0 Å². The first kappa shape index (κ1) is 10.7. The standard InChI is InChI=1S/C7H7FINO2S/c1-13(11,12)6-3-4(8)2-5(9)7(6)10/h2-3H,10H2,1H3. The molecule has 0 aliphatic rings. The van der Waals surface area contributed by atoms with Crippen molar-refractivity contribution in [3.63, 3.8) is 0 Å². The van der Waals surface area contributed by atoms with E-state index in [9.17, 15) is 12.8 Å². The Labute approximate surface area is 89.2 Å². The molecule has 0 radical (unpaired) electrons. The Morgan fingerprint density at radius 3 is 2.46 bits per heavy atom. The van der Waals surface area contributed by atoms with Crippen molar-refractivity contribution in [2.45, 2.75) is 4.90 Å². The molecule has 2 N–H and O–H groups in total. The quantitative estimate of drug-likeness (QED) is 0.630. The van der Waals surface area contributed by atoms with Crippen molar-refractivity contribution in [3.05, 3.63) is 21.5 Å². The zero-order chi connectivity index (χ0) is 10.2. The predicted molar refractivity (Wildman–Crippen MR) is 56.6 cm³/mol. The van der Waals surface area contributed by atoms with E-state index >= 15 is 0 Å². The lowest BCUT2D eigenvalue weighted by Crippen LogP contribution is -2.04. The molecule has 0 unspecified atom stereocenters. The van der Waals surface area contributed by atoms with Crippen LogP contribution in [0, 0.1) is 9.39 Å². The van der Waals surface area contributed by atoms with Gasteiger partial charge in [-0.2, -0.15) is 0 Å². The molecule has 0 aromatic heterocycles. The molecular formula is C7H7FINO2S. The summed E-state index contributed by atoms with van der Waals surface area (Å²) in [5.74, 6) is -0.598. The Morgan fingerprint density at radius 2 is 2.00 bits per heavy atom. The Bertz CT molecular complexity index is 444. The zero-order valence-corrected chi connectivity index (χ0v) is 9.69. The summed E-state index contributed by atoms with van der Waals surface area (Å²) in [4.78, 5) is -0.156. The number of rotatable bonds is 1. The molecule has 1 aromatic carbocycles. The third-order valence-corrected chi connectivity index (χ3v) is 3.49. The maximum absolute atomic E-state index is 12.8. The Balaban J connectivity index is 3.56. The van der Waals surface area contributed by atoms with Crippen LogP contribution in [-0.4, -0.2) is 14.7 Å². The van der Waals surface area contributed by atoms with Gasteiger partial charge in [-0.3, -0.25) is 0 Å². The average molecular weight is 315 g/mol. The molecule has 6 heteroatoms. The van der Waals surface area contributed by atoms with E-state index in [0.717, 1.165) is 12.3 Å². The fourth-order valence-electron chi connectivity index (χ4n) is 0.868. The molecule has 72 valence electrons. The van der Waals surface area contributed by atoms with E-state index in [2.05, 4.69) is 0 Å². The van der Waals surface area contributed by atoms with Gasteiger partial charge in [0.05, 0.1) is 10.6 Å². The lowest BCUT2D eigenvalue weighted by molar-refractivity contribution is 0.596.